The summed E-state index contributed by atoms with van der Waals surface area (Å²) in [4.78, 5) is 16.4. The van der Waals surface area contributed by atoms with Crippen LogP contribution >= 0.6 is 0 Å². The Morgan fingerprint density at radius 1 is 1.11 bits per heavy atom. The SMILES string of the molecule is CN1CCN(C(=O)CNCC(C2CC2)C2CC2)CC1. The molecule has 1 heterocycles. The molecule has 0 unspecified atom stereocenters. The average Bonchev–Trinajstić information content (AvgIpc) is 3.28. The minimum absolute atomic E-state index is 0.290. The molecule has 0 aromatic heterocycles. The maximum Gasteiger partial charge on any atom is 0.236 e. The molecule has 3 rings (SSSR count). The molecular weight excluding hydrogens is 238 g/mol. The molecule has 2 saturated carbocycles. The summed E-state index contributed by atoms with van der Waals surface area (Å²) in [7, 11) is 2.12. The molecule has 19 heavy (non-hydrogen) atoms. The Morgan fingerprint density at radius 2 is 1.68 bits per heavy atom. The Balaban J connectivity index is 1.35. The minimum atomic E-state index is 0.290. The van der Waals surface area contributed by atoms with Crippen molar-refractivity contribution in [3.63, 3.8) is 0 Å². The number of carbonyl (C=O) groups excluding carboxylic acids is 1. The lowest BCUT2D eigenvalue weighted by Gasteiger charge is -2.32. The van der Waals surface area contributed by atoms with E-state index in [0.29, 0.717) is 12.5 Å². The van der Waals surface area contributed by atoms with Crippen molar-refractivity contribution in [3.05, 3.63) is 0 Å². The molecule has 0 aromatic carbocycles. The van der Waals surface area contributed by atoms with E-state index in [1.165, 1.54) is 25.7 Å². The van der Waals surface area contributed by atoms with Crippen LogP contribution in [-0.4, -0.2) is 62.0 Å². The van der Waals surface area contributed by atoms with Gasteiger partial charge >= 0.3 is 0 Å². The van der Waals surface area contributed by atoms with Crippen LogP contribution in [-0.2, 0) is 4.79 Å². The normalized spacial score (nSPS) is 25.1. The molecule has 2 aliphatic carbocycles. The molecular formula is C15H27N3O. The third kappa shape index (κ3) is 3.69. The summed E-state index contributed by atoms with van der Waals surface area (Å²) >= 11 is 0. The zero-order valence-electron chi connectivity index (χ0n) is 12.1. The van der Waals surface area contributed by atoms with E-state index in [1.54, 1.807) is 0 Å². The predicted molar refractivity (Wildman–Crippen MR) is 75.9 cm³/mol. The predicted octanol–water partition coefficient (Wildman–Crippen LogP) is 0.786. The number of nitrogens with one attached hydrogen (secondary N) is 1. The molecule has 0 aromatic rings. The van der Waals surface area contributed by atoms with Crippen LogP contribution in [0, 0.1) is 17.8 Å². The number of hydrogen-bond acceptors (Lipinski definition) is 3. The fraction of sp³-hybridized carbons (Fsp3) is 0.933. The van der Waals surface area contributed by atoms with E-state index in [0.717, 1.165) is 50.5 Å². The molecule has 1 aliphatic heterocycles. The molecule has 0 spiro atoms. The topological polar surface area (TPSA) is 35.6 Å². The van der Waals surface area contributed by atoms with Crippen LogP contribution in [0.15, 0.2) is 0 Å². The van der Waals surface area contributed by atoms with Crippen LogP contribution in [0.25, 0.3) is 0 Å². The lowest BCUT2D eigenvalue weighted by atomic mass is 9.98. The van der Waals surface area contributed by atoms with E-state index in [-0.39, 0.29) is 0 Å². The van der Waals surface area contributed by atoms with Crippen molar-refractivity contribution < 1.29 is 4.79 Å². The van der Waals surface area contributed by atoms with Gasteiger partial charge in [0, 0.05) is 26.2 Å². The van der Waals surface area contributed by atoms with E-state index >= 15 is 0 Å². The average molecular weight is 265 g/mol. The van der Waals surface area contributed by atoms with E-state index < -0.39 is 0 Å². The lowest BCUT2D eigenvalue weighted by molar-refractivity contribution is -0.131. The molecule has 1 saturated heterocycles. The van der Waals surface area contributed by atoms with Gasteiger partial charge in [-0.1, -0.05) is 0 Å². The number of rotatable bonds is 6. The van der Waals surface area contributed by atoms with Crippen LogP contribution < -0.4 is 5.32 Å². The quantitative estimate of drug-likeness (QED) is 0.771. The zero-order chi connectivity index (χ0) is 13.2. The van der Waals surface area contributed by atoms with E-state index in [2.05, 4.69) is 17.3 Å². The van der Waals surface area contributed by atoms with Crippen molar-refractivity contribution in [2.45, 2.75) is 25.7 Å². The second-order valence-electron chi connectivity index (χ2n) is 6.65. The van der Waals surface area contributed by atoms with Crippen LogP contribution in [0.3, 0.4) is 0 Å². The highest BCUT2D eigenvalue weighted by Crippen LogP contribution is 2.48. The minimum Gasteiger partial charge on any atom is -0.339 e. The van der Waals surface area contributed by atoms with E-state index in [4.69, 9.17) is 0 Å². The van der Waals surface area contributed by atoms with Gasteiger partial charge in [-0.15, -0.1) is 0 Å². The molecule has 3 aliphatic rings. The highest BCUT2D eigenvalue weighted by Gasteiger charge is 2.40. The first-order chi connectivity index (χ1) is 9.24. The highest BCUT2D eigenvalue weighted by atomic mass is 16.2. The molecule has 108 valence electrons. The van der Waals surface area contributed by atoms with Gasteiger partial charge in [0.15, 0.2) is 0 Å². The summed E-state index contributed by atoms with van der Waals surface area (Å²) in [5, 5.41) is 3.43. The maximum atomic E-state index is 12.1. The number of nitrogens with zero attached hydrogens (tertiary/aromatic N) is 2. The fourth-order valence-corrected chi connectivity index (χ4v) is 3.28. The zero-order valence-corrected chi connectivity index (χ0v) is 12.1. The molecule has 0 atom stereocenters. The molecule has 0 bridgehead atoms. The van der Waals surface area contributed by atoms with Crippen LogP contribution in [0.4, 0.5) is 0 Å². The summed E-state index contributed by atoms with van der Waals surface area (Å²) in [6.07, 6.45) is 5.70. The number of likely N-dealkylation sites (N-methyl/N-ethyl adjacent to an activating group) is 1. The van der Waals surface area contributed by atoms with Gasteiger partial charge in [-0.3, -0.25) is 4.79 Å². The number of hydrogen-bond donors (Lipinski definition) is 1. The Bertz CT molecular complexity index is 305. The van der Waals surface area contributed by atoms with Crippen LogP contribution in [0.5, 0.6) is 0 Å². The van der Waals surface area contributed by atoms with Crippen molar-refractivity contribution in [1.82, 2.24) is 15.1 Å². The Hall–Kier alpha value is -0.610. The first-order valence-corrected chi connectivity index (χ1v) is 7.91. The van der Waals surface area contributed by atoms with Crippen molar-refractivity contribution in [2.75, 3.05) is 46.3 Å². The first kappa shape index (κ1) is 13.4. The number of amides is 1. The maximum absolute atomic E-state index is 12.1. The summed E-state index contributed by atoms with van der Waals surface area (Å²) < 4.78 is 0. The van der Waals surface area contributed by atoms with Crippen molar-refractivity contribution in [2.24, 2.45) is 17.8 Å². The van der Waals surface area contributed by atoms with Crippen molar-refractivity contribution in [3.8, 4) is 0 Å². The fourth-order valence-electron chi connectivity index (χ4n) is 3.28. The third-order valence-corrected chi connectivity index (χ3v) is 4.97. The summed E-state index contributed by atoms with van der Waals surface area (Å²) in [6.45, 7) is 5.42. The second-order valence-corrected chi connectivity index (χ2v) is 6.65. The summed E-state index contributed by atoms with van der Waals surface area (Å²) in [6, 6.07) is 0. The standard InChI is InChI=1S/C15H27N3O/c1-17-6-8-18(9-7-17)15(19)11-16-10-14(12-2-3-12)13-4-5-13/h12-14,16H,2-11H2,1H3. The Morgan fingerprint density at radius 3 is 2.21 bits per heavy atom. The molecule has 1 N–H and O–H groups in total. The van der Waals surface area contributed by atoms with Crippen LogP contribution in [0.1, 0.15) is 25.7 Å². The van der Waals surface area contributed by atoms with Gasteiger partial charge in [0.25, 0.3) is 0 Å². The lowest BCUT2D eigenvalue weighted by Crippen LogP contribution is -2.49. The van der Waals surface area contributed by atoms with E-state index in [9.17, 15) is 4.79 Å². The molecule has 0 radical (unpaired) electrons. The van der Waals surface area contributed by atoms with Crippen LogP contribution in [0.2, 0.25) is 0 Å². The monoisotopic (exact) mass is 265 g/mol. The third-order valence-electron chi connectivity index (χ3n) is 4.97. The van der Waals surface area contributed by atoms with Crippen molar-refractivity contribution >= 4 is 5.91 Å². The Labute approximate surface area is 116 Å². The summed E-state index contributed by atoms with van der Waals surface area (Å²) in [5.41, 5.74) is 0. The van der Waals surface area contributed by atoms with Gasteiger partial charge in [-0.25, -0.2) is 0 Å². The summed E-state index contributed by atoms with van der Waals surface area (Å²) in [5.74, 6) is 3.09. The van der Waals surface area contributed by atoms with Gasteiger partial charge in [-0.2, -0.15) is 0 Å². The van der Waals surface area contributed by atoms with Gasteiger partial charge in [-0.05, 0) is 57.0 Å². The molecule has 1 amide bonds. The Kier molecular flexibility index (Phi) is 4.08. The molecule has 4 heteroatoms. The second kappa shape index (κ2) is 5.80. The largest absolute Gasteiger partial charge is 0.339 e. The van der Waals surface area contributed by atoms with Gasteiger partial charge in [0.2, 0.25) is 5.91 Å². The number of piperazine rings is 1. The van der Waals surface area contributed by atoms with Gasteiger partial charge in [0.05, 0.1) is 6.54 Å². The van der Waals surface area contributed by atoms with Crippen molar-refractivity contribution in [1.29, 1.82) is 0 Å². The molecule has 4 nitrogen and oxygen atoms in total. The smallest absolute Gasteiger partial charge is 0.236 e. The van der Waals surface area contributed by atoms with Gasteiger partial charge < -0.3 is 15.1 Å². The number of carbonyl (C=O) groups is 1. The van der Waals surface area contributed by atoms with Gasteiger partial charge in [0.1, 0.15) is 0 Å². The van der Waals surface area contributed by atoms with E-state index in [1.807, 2.05) is 4.90 Å². The molecule has 3 fully saturated rings. The first-order valence-electron chi connectivity index (χ1n) is 7.91. The highest BCUT2D eigenvalue weighted by molar-refractivity contribution is 5.78.